The lowest BCUT2D eigenvalue weighted by atomic mass is 10.1. The Morgan fingerprint density at radius 1 is 1.10 bits per heavy atom. The number of anilines is 1. The minimum absolute atomic E-state index is 0.0142. The molecule has 0 aromatic heterocycles. The van der Waals surface area contributed by atoms with Crippen molar-refractivity contribution in [2.45, 2.75) is 26.9 Å². The second-order valence-corrected chi connectivity index (χ2v) is 7.07. The van der Waals surface area contributed by atoms with Crippen LogP contribution in [-0.2, 0) is 14.3 Å². The Hall–Kier alpha value is -3.06. The number of halogens is 1. The molecule has 8 heteroatoms. The molecule has 0 bridgehead atoms. The molecule has 0 aliphatic carbocycles. The number of rotatable bonds is 4. The number of benzene rings is 2. The van der Waals surface area contributed by atoms with Gasteiger partial charge in [0, 0.05) is 19.0 Å². The van der Waals surface area contributed by atoms with Crippen LogP contribution in [0.3, 0.4) is 0 Å². The van der Waals surface area contributed by atoms with Crippen LogP contribution in [0.4, 0.5) is 5.69 Å². The first-order valence-electron chi connectivity index (χ1n) is 9.24. The summed E-state index contributed by atoms with van der Waals surface area (Å²) in [7, 11) is 1.62. The first kappa shape index (κ1) is 20.7. The molecule has 0 saturated heterocycles. The van der Waals surface area contributed by atoms with Crippen LogP contribution in [0.2, 0.25) is 5.02 Å². The Bertz CT molecular complexity index is 928. The smallest absolute Gasteiger partial charge is 0.377 e. The monoisotopic (exact) mass is 414 g/mol. The minimum Gasteiger partial charge on any atom is -0.460 e. The third-order valence-corrected chi connectivity index (χ3v) is 4.79. The van der Waals surface area contributed by atoms with Gasteiger partial charge in [-0.3, -0.25) is 9.80 Å². The molecule has 2 aromatic rings. The summed E-state index contributed by atoms with van der Waals surface area (Å²) < 4.78 is 5.14. The van der Waals surface area contributed by atoms with Crippen molar-refractivity contribution in [2.75, 3.05) is 18.7 Å². The van der Waals surface area contributed by atoms with E-state index in [1.54, 1.807) is 43.2 Å². The normalized spacial score (nSPS) is 16.5. The van der Waals surface area contributed by atoms with Crippen LogP contribution in [-0.4, -0.2) is 41.4 Å². The van der Waals surface area contributed by atoms with Crippen LogP contribution in [0, 0.1) is 6.92 Å². The Balaban J connectivity index is 2.19. The van der Waals surface area contributed by atoms with Gasteiger partial charge in [0.1, 0.15) is 0 Å². The average Bonchev–Trinajstić information content (AvgIpc) is 2.69. The minimum atomic E-state index is -0.609. The van der Waals surface area contributed by atoms with E-state index in [1.807, 2.05) is 31.2 Å². The number of hydrazone groups is 1. The lowest BCUT2D eigenvalue weighted by molar-refractivity contribution is -0.147. The van der Waals surface area contributed by atoms with Crippen molar-refractivity contribution in [3.63, 3.8) is 0 Å². The highest BCUT2D eigenvalue weighted by Gasteiger charge is 2.40. The molecule has 152 valence electrons. The van der Waals surface area contributed by atoms with Gasteiger partial charge in [0.15, 0.2) is 6.17 Å². The molecule has 7 nitrogen and oxygen atoms in total. The molecule has 1 heterocycles. The summed E-state index contributed by atoms with van der Waals surface area (Å²) in [4.78, 5) is 25.2. The van der Waals surface area contributed by atoms with Gasteiger partial charge in [-0.05, 0) is 43.7 Å². The van der Waals surface area contributed by atoms with E-state index in [2.05, 4.69) is 5.10 Å². The van der Waals surface area contributed by atoms with Gasteiger partial charge < -0.3 is 4.74 Å². The van der Waals surface area contributed by atoms with Crippen LogP contribution in [0.5, 0.6) is 0 Å². The SMILES string of the molecule is CCOC(=O)C1=NN(c2ccc(Cl)cc2)[C@H](c2ccc(C)cc2)N(C(C)=O)N1C. The molecule has 0 unspecified atom stereocenters. The molecule has 0 spiro atoms. The molecule has 2 aromatic carbocycles. The first-order chi connectivity index (χ1) is 13.8. The van der Waals surface area contributed by atoms with Crippen molar-refractivity contribution in [3.8, 4) is 0 Å². The number of nitrogens with zero attached hydrogens (tertiary/aromatic N) is 4. The fraction of sp³-hybridized carbons (Fsp3) is 0.286. The highest BCUT2D eigenvalue weighted by atomic mass is 35.5. The molecule has 1 aliphatic heterocycles. The maximum atomic E-state index is 12.6. The third-order valence-electron chi connectivity index (χ3n) is 4.54. The number of carbonyl (C=O) groups is 2. The van der Waals surface area contributed by atoms with Crippen molar-refractivity contribution >= 4 is 35.0 Å². The zero-order valence-electron chi connectivity index (χ0n) is 16.8. The third kappa shape index (κ3) is 4.19. The number of carbonyl (C=O) groups excluding carboxylic acids is 2. The van der Waals surface area contributed by atoms with Crippen LogP contribution in [0.1, 0.15) is 31.1 Å². The van der Waals surface area contributed by atoms with Crippen LogP contribution >= 0.6 is 11.6 Å². The zero-order chi connectivity index (χ0) is 21.1. The molecule has 1 aliphatic rings. The van der Waals surface area contributed by atoms with Gasteiger partial charge in [0.05, 0.1) is 12.3 Å². The Morgan fingerprint density at radius 2 is 1.72 bits per heavy atom. The van der Waals surface area contributed by atoms with E-state index < -0.39 is 12.1 Å². The van der Waals surface area contributed by atoms with Crippen molar-refractivity contribution in [3.05, 3.63) is 64.7 Å². The van der Waals surface area contributed by atoms with Gasteiger partial charge in [-0.25, -0.2) is 14.8 Å². The standard InChI is InChI=1S/C21H23ClN4O3/c1-5-29-21(28)19-23-25(18-12-10-17(22)11-13-18)20(26(15(3)27)24(19)4)16-8-6-14(2)7-9-16/h6-13,20H,5H2,1-4H3/t20-/m0/s1. The summed E-state index contributed by atoms with van der Waals surface area (Å²) in [6, 6.07) is 14.9. The second-order valence-electron chi connectivity index (χ2n) is 6.64. The van der Waals surface area contributed by atoms with E-state index in [4.69, 9.17) is 16.3 Å². The van der Waals surface area contributed by atoms with Gasteiger partial charge in [0.2, 0.25) is 5.91 Å². The molecular weight excluding hydrogens is 392 g/mol. The summed E-state index contributed by atoms with van der Waals surface area (Å²) in [6.07, 6.45) is -0.586. The molecule has 29 heavy (non-hydrogen) atoms. The number of amidine groups is 1. The summed E-state index contributed by atoms with van der Waals surface area (Å²) in [5, 5.41) is 9.70. The Morgan fingerprint density at radius 3 is 2.28 bits per heavy atom. The quantitative estimate of drug-likeness (QED) is 0.713. The maximum Gasteiger partial charge on any atom is 0.377 e. The fourth-order valence-electron chi connectivity index (χ4n) is 3.16. The zero-order valence-corrected chi connectivity index (χ0v) is 17.6. The molecule has 1 atom stereocenters. The van der Waals surface area contributed by atoms with Gasteiger partial charge in [-0.1, -0.05) is 41.4 Å². The molecule has 3 rings (SSSR count). The predicted octanol–water partition coefficient (Wildman–Crippen LogP) is 3.74. The topological polar surface area (TPSA) is 65.5 Å². The van der Waals surface area contributed by atoms with Crippen LogP contribution < -0.4 is 5.01 Å². The Labute approximate surface area is 175 Å². The summed E-state index contributed by atoms with van der Waals surface area (Å²) >= 11 is 6.04. The number of ether oxygens (including phenoxy) is 1. The molecule has 1 amide bonds. The van der Waals surface area contributed by atoms with Crippen molar-refractivity contribution in [1.29, 1.82) is 0 Å². The second kappa shape index (κ2) is 8.53. The molecular formula is C21H23ClN4O3. The number of hydrogen-bond acceptors (Lipinski definition) is 6. The van der Waals surface area contributed by atoms with Gasteiger partial charge in [-0.15, -0.1) is 5.10 Å². The van der Waals surface area contributed by atoms with E-state index in [9.17, 15) is 9.59 Å². The van der Waals surface area contributed by atoms with Crippen LogP contribution in [0.25, 0.3) is 0 Å². The van der Waals surface area contributed by atoms with E-state index in [-0.39, 0.29) is 18.3 Å². The van der Waals surface area contributed by atoms with Gasteiger partial charge in [0.25, 0.3) is 5.84 Å². The molecule has 0 N–H and O–H groups in total. The van der Waals surface area contributed by atoms with E-state index in [1.165, 1.54) is 16.9 Å². The predicted molar refractivity (Wildman–Crippen MR) is 112 cm³/mol. The molecule has 0 fully saturated rings. The van der Waals surface area contributed by atoms with Crippen molar-refractivity contribution < 1.29 is 14.3 Å². The fourth-order valence-corrected chi connectivity index (χ4v) is 3.28. The summed E-state index contributed by atoms with van der Waals surface area (Å²) in [5.74, 6) is -0.836. The van der Waals surface area contributed by atoms with Crippen molar-refractivity contribution in [2.24, 2.45) is 5.10 Å². The molecule has 0 radical (unpaired) electrons. The van der Waals surface area contributed by atoms with E-state index in [0.717, 1.165) is 11.1 Å². The average molecular weight is 415 g/mol. The summed E-state index contributed by atoms with van der Waals surface area (Å²) in [5.41, 5.74) is 2.63. The van der Waals surface area contributed by atoms with E-state index >= 15 is 0 Å². The highest BCUT2D eigenvalue weighted by Crippen LogP contribution is 2.35. The van der Waals surface area contributed by atoms with Crippen LogP contribution in [0.15, 0.2) is 53.6 Å². The van der Waals surface area contributed by atoms with E-state index in [0.29, 0.717) is 10.7 Å². The lowest BCUT2D eigenvalue weighted by Gasteiger charge is -2.46. The number of esters is 1. The number of amides is 1. The number of aryl methyl sites for hydroxylation is 1. The molecule has 0 saturated carbocycles. The van der Waals surface area contributed by atoms with Gasteiger partial charge in [-0.2, -0.15) is 0 Å². The number of hydrazine groups is 1. The van der Waals surface area contributed by atoms with Crippen molar-refractivity contribution in [1.82, 2.24) is 10.0 Å². The largest absolute Gasteiger partial charge is 0.460 e. The Kier molecular flexibility index (Phi) is 6.08. The summed E-state index contributed by atoms with van der Waals surface area (Å²) in [6.45, 7) is 5.36. The highest BCUT2D eigenvalue weighted by molar-refractivity contribution is 6.35. The number of likely N-dealkylation sites (N-methyl/N-ethyl adjacent to an activating group) is 1. The first-order valence-corrected chi connectivity index (χ1v) is 9.61. The lowest BCUT2D eigenvalue weighted by Crippen LogP contribution is -2.58. The van der Waals surface area contributed by atoms with Gasteiger partial charge >= 0.3 is 5.97 Å². The number of hydrogen-bond donors (Lipinski definition) is 0. The maximum absolute atomic E-state index is 12.6.